The smallest absolute Gasteiger partial charge is 0.264 e. The van der Waals surface area contributed by atoms with Gasteiger partial charge in [0.1, 0.15) is 6.61 Å². The third-order valence-corrected chi connectivity index (χ3v) is 26.7. The minimum absolute atomic E-state index is 0.00352. The molecule has 0 bridgehead atoms. The van der Waals surface area contributed by atoms with Crippen molar-refractivity contribution in [2.24, 2.45) is 5.92 Å². The molecule has 0 radical (unpaired) electrons. The van der Waals surface area contributed by atoms with Crippen molar-refractivity contribution in [1.82, 2.24) is 45.3 Å². The summed E-state index contributed by atoms with van der Waals surface area (Å²) in [5.41, 5.74) is 11.2. The Kier molecular flexibility index (Phi) is 34.7. The quantitative estimate of drug-likeness (QED) is 0.0239. The number of nitrogens with one attached hydrogen (secondary N) is 3. The van der Waals surface area contributed by atoms with Crippen LogP contribution in [0.1, 0.15) is 225 Å². The van der Waals surface area contributed by atoms with Gasteiger partial charge in [-0.1, -0.05) is 148 Å². The molecular formula is C107H130N12O16. The molecule has 0 spiro atoms. The summed E-state index contributed by atoms with van der Waals surface area (Å²) in [6, 6.07) is 63.8. The molecule has 135 heavy (non-hydrogen) atoms. The molecule has 6 atom stereocenters. The van der Waals surface area contributed by atoms with Crippen molar-refractivity contribution in [3.63, 3.8) is 0 Å². The number of fused-ring (bicyclic) bond motifs is 3. The van der Waals surface area contributed by atoms with E-state index in [4.69, 9.17) is 33.2 Å². The van der Waals surface area contributed by atoms with E-state index in [1.807, 2.05) is 112 Å². The first kappa shape index (κ1) is 99.3. The van der Waals surface area contributed by atoms with Crippen molar-refractivity contribution in [2.75, 3.05) is 169 Å². The van der Waals surface area contributed by atoms with Crippen LogP contribution in [0.2, 0.25) is 0 Å². The first-order valence-electron chi connectivity index (χ1n) is 47.1. The molecule has 15 rings (SSSR count). The van der Waals surface area contributed by atoms with Gasteiger partial charge in [0.2, 0.25) is 17.7 Å². The Bertz CT molecular complexity index is 5380. The summed E-state index contributed by atoms with van der Waals surface area (Å²) in [6.45, 7) is 23.2. The zero-order chi connectivity index (χ0) is 95.9. The van der Waals surface area contributed by atoms with Gasteiger partial charge >= 0.3 is 0 Å². The minimum atomic E-state index is -0.576. The number of methoxy groups -OCH3 is 7. The number of hydrogen-bond donors (Lipinski definition) is 3. The van der Waals surface area contributed by atoms with Gasteiger partial charge in [-0.25, -0.2) is 0 Å². The van der Waals surface area contributed by atoms with E-state index < -0.39 is 18.1 Å². The molecule has 28 heteroatoms. The van der Waals surface area contributed by atoms with Crippen LogP contribution in [0.15, 0.2) is 200 Å². The normalized spacial score (nSPS) is 16.4. The first-order valence-corrected chi connectivity index (χ1v) is 47.1. The molecule has 3 N–H and O–H groups in total. The highest BCUT2D eigenvalue weighted by atomic mass is 16.5. The zero-order valence-electron chi connectivity index (χ0n) is 80.1. The SMILES string of the molecule is CCCC(=O)NCCC[C@H](c1ccc(OC)c(OC)c1)N1C(=O)c2cccc(N3CCN([C@H](C)c4ccccc4)CC3)c2C1=O.COCC(=O)NCCC[C@H](c1ccc(OC)c(OC)c1)N1C(=O)c2cccc(N3CCN([C@H](C)c4ccccc4)CC3)c2C1=O.COc1ccc([C@@H](CCCNC(=O)C(C)C)N2C(=O)c3cccc(N4CCN([C@H](C)c5ccccc5)CC4)c3C2=O)cc1OC. The summed E-state index contributed by atoms with van der Waals surface area (Å²) in [4.78, 5) is 139. The molecule has 9 aromatic carbocycles. The van der Waals surface area contributed by atoms with Gasteiger partial charge < -0.3 is 63.8 Å². The predicted molar refractivity (Wildman–Crippen MR) is 522 cm³/mol. The summed E-state index contributed by atoms with van der Waals surface area (Å²) in [5.74, 6) is 1.05. The Morgan fingerprint density at radius 1 is 0.319 bits per heavy atom. The fourth-order valence-corrected chi connectivity index (χ4v) is 19.1. The molecule has 9 aromatic rings. The topological polar surface area (TPSA) is 283 Å². The van der Waals surface area contributed by atoms with Gasteiger partial charge in [-0.3, -0.25) is 72.6 Å². The van der Waals surface area contributed by atoms with Crippen LogP contribution in [0.3, 0.4) is 0 Å². The van der Waals surface area contributed by atoms with Crippen LogP contribution in [0.4, 0.5) is 17.1 Å². The largest absolute Gasteiger partial charge is 0.493 e. The predicted octanol–water partition coefficient (Wildman–Crippen LogP) is 15.6. The van der Waals surface area contributed by atoms with Crippen molar-refractivity contribution in [2.45, 2.75) is 129 Å². The average Bonchev–Trinajstić information content (AvgIpc) is 1.60. The van der Waals surface area contributed by atoms with E-state index in [1.54, 1.807) is 79.1 Å². The summed E-state index contributed by atoms with van der Waals surface area (Å²) in [7, 11) is 10.8. The Hall–Kier alpha value is -13.2. The van der Waals surface area contributed by atoms with E-state index in [2.05, 4.69) is 139 Å². The number of carbonyl (C=O) groups excluding carboxylic acids is 9. The molecule has 3 fully saturated rings. The highest BCUT2D eigenvalue weighted by Crippen LogP contribution is 2.46. The molecule has 28 nitrogen and oxygen atoms in total. The van der Waals surface area contributed by atoms with Gasteiger partial charge in [-0.15, -0.1) is 0 Å². The van der Waals surface area contributed by atoms with Crippen molar-refractivity contribution in [3.8, 4) is 34.5 Å². The lowest BCUT2D eigenvalue weighted by Crippen LogP contribution is -2.47. The van der Waals surface area contributed by atoms with E-state index >= 15 is 0 Å². The standard InChI is InChI=1S/2C36H44N4O5.C35H42N4O6/c1-24(2)34(41)37-18-10-15-29(27-16-17-31(44-4)32(23-27)45-5)40-35(42)28-13-9-14-30(33(28)36(40)43)39-21-19-38(20-22-39)25(3)26-11-7-6-8-12-26;1-5-11-33(41)37-19-10-16-29(27-17-18-31(44-3)32(24-27)45-4)40-35(42)28-14-9-15-30(34(28)36(40)43)39-22-20-38(21-23-39)25(2)26-12-7-6-8-13-26;1-24(25-10-6-5-7-11-25)37-18-20-38(21-19-37)29-13-8-12-27-33(29)35(42)39(34(27)41)28(14-9-17-36-32(40)23-43-2)26-15-16-30(44-3)31(22-26)45-4/h6-9,11-14,16-17,23-25,29H,10,15,18-22H2,1-5H3,(H,37,41);6-9,12-15,17-18,24-25,29H,5,10-11,16,19-23H2,1-4H3,(H,37,41);5-8,10-13,15-16,22,24,28H,9,14,17-21,23H2,1-4H3,(H,36,40)/t2*25-,29-;24-,28-/m111/s1. The van der Waals surface area contributed by atoms with Crippen LogP contribution in [0.25, 0.3) is 0 Å². The lowest BCUT2D eigenvalue weighted by atomic mass is 9.99. The molecule has 6 aliphatic rings. The number of hydrogen-bond acceptors (Lipinski definition) is 22. The first-order chi connectivity index (χ1) is 65.5. The summed E-state index contributed by atoms with van der Waals surface area (Å²) in [5, 5.41) is 8.73. The Balaban J connectivity index is 0.000000171. The second-order valence-corrected chi connectivity index (χ2v) is 35.0. The van der Waals surface area contributed by atoms with Crippen LogP contribution < -0.4 is 59.1 Å². The maximum Gasteiger partial charge on any atom is 0.264 e. The number of nitrogens with zero attached hydrogens (tertiary/aromatic N) is 9. The van der Waals surface area contributed by atoms with Crippen LogP contribution in [-0.4, -0.2) is 237 Å². The third kappa shape index (κ3) is 22.9. The molecule has 9 amide bonds. The molecule has 6 heterocycles. The number of amides is 9. The molecule has 0 unspecified atom stereocenters. The molecule has 0 aromatic heterocycles. The number of benzene rings is 9. The van der Waals surface area contributed by atoms with Crippen molar-refractivity contribution >= 4 is 70.2 Å². The van der Waals surface area contributed by atoms with Gasteiger partial charge in [0.15, 0.2) is 34.5 Å². The molecular weight excluding hydrogens is 1710 g/mol. The van der Waals surface area contributed by atoms with E-state index in [0.717, 1.165) is 119 Å². The Morgan fingerprint density at radius 2 is 0.607 bits per heavy atom. The highest BCUT2D eigenvalue weighted by molar-refractivity contribution is 6.26. The van der Waals surface area contributed by atoms with Gasteiger partial charge in [0.05, 0.1) is 111 Å². The maximum absolute atomic E-state index is 14.3. The lowest BCUT2D eigenvalue weighted by molar-refractivity contribution is -0.125. The van der Waals surface area contributed by atoms with Gasteiger partial charge in [-0.05, 0) is 172 Å². The van der Waals surface area contributed by atoms with Crippen molar-refractivity contribution in [3.05, 3.63) is 267 Å². The molecule has 3 saturated heterocycles. The highest BCUT2D eigenvalue weighted by Gasteiger charge is 2.47. The number of anilines is 3. The van der Waals surface area contributed by atoms with E-state index in [1.165, 1.54) is 38.5 Å². The second-order valence-electron chi connectivity index (χ2n) is 35.0. The third-order valence-electron chi connectivity index (χ3n) is 26.7. The summed E-state index contributed by atoms with van der Waals surface area (Å²) < 4.78 is 37.9. The zero-order valence-corrected chi connectivity index (χ0v) is 80.1. The number of rotatable bonds is 38. The van der Waals surface area contributed by atoms with Gasteiger partial charge in [-0.2, -0.15) is 0 Å². The van der Waals surface area contributed by atoms with Gasteiger partial charge in [0, 0.05) is 136 Å². The van der Waals surface area contributed by atoms with Crippen LogP contribution >= 0.6 is 0 Å². The minimum Gasteiger partial charge on any atom is -0.493 e. The van der Waals surface area contributed by atoms with Crippen molar-refractivity contribution < 1.29 is 76.3 Å². The number of piperazine rings is 3. The fourth-order valence-electron chi connectivity index (χ4n) is 19.1. The monoisotopic (exact) mass is 1840 g/mol. The molecule has 0 saturated carbocycles. The molecule has 0 aliphatic carbocycles. The van der Waals surface area contributed by atoms with Crippen LogP contribution in [0, 0.1) is 5.92 Å². The van der Waals surface area contributed by atoms with Gasteiger partial charge in [0.25, 0.3) is 35.4 Å². The van der Waals surface area contributed by atoms with E-state index in [0.29, 0.717) is 145 Å². The number of carbonyl (C=O) groups is 9. The average molecular weight is 1840 g/mol. The van der Waals surface area contributed by atoms with Crippen molar-refractivity contribution in [1.29, 1.82) is 0 Å². The summed E-state index contributed by atoms with van der Waals surface area (Å²) >= 11 is 0. The van der Waals surface area contributed by atoms with E-state index in [9.17, 15) is 43.2 Å². The Morgan fingerprint density at radius 3 is 0.881 bits per heavy atom. The number of imide groups is 3. The summed E-state index contributed by atoms with van der Waals surface area (Å²) in [6.07, 6.45) is 4.37. The lowest BCUT2D eigenvalue weighted by Gasteiger charge is -2.39. The van der Waals surface area contributed by atoms with Crippen LogP contribution in [-0.2, 0) is 19.1 Å². The molecule has 6 aliphatic heterocycles. The maximum atomic E-state index is 14.3. The fraction of sp³-hybridized carbons (Fsp3) is 0.411. The van der Waals surface area contributed by atoms with E-state index in [-0.39, 0.29) is 71.7 Å². The Labute approximate surface area is 793 Å². The number of ether oxygens (including phenoxy) is 7. The van der Waals surface area contributed by atoms with Crippen LogP contribution in [0.5, 0.6) is 34.5 Å². The molecule has 714 valence electrons. The second kappa shape index (κ2) is 47.2.